The first-order chi connectivity index (χ1) is 10.0. The minimum atomic E-state index is -0.0825. The zero-order chi connectivity index (χ0) is 14.9. The predicted molar refractivity (Wildman–Crippen MR) is 83.4 cm³/mol. The van der Waals surface area contributed by atoms with Crippen molar-refractivity contribution in [3.8, 4) is 5.75 Å². The number of hydrogen-bond donors (Lipinski definition) is 1. The van der Waals surface area contributed by atoms with Crippen molar-refractivity contribution in [3.63, 3.8) is 0 Å². The normalized spacial score (nSPS) is 17.3. The predicted octanol–water partition coefficient (Wildman–Crippen LogP) is 2.77. The summed E-state index contributed by atoms with van der Waals surface area (Å²) in [6, 6.07) is 6.82. The molecule has 4 nitrogen and oxygen atoms in total. The average molecular weight is 285 g/mol. The molecule has 2 aromatic rings. The van der Waals surface area contributed by atoms with Crippen LogP contribution in [-0.2, 0) is 19.5 Å². The number of nitrogens with one attached hydrogen (secondary N) is 1. The molecule has 0 aliphatic carbocycles. The van der Waals surface area contributed by atoms with E-state index in [4.69, 9.17) is 4.74 Å². The second kappa shape index (κ2) is 5.53. The second-order valence-corrected chi connectivity index (χ2v) is 6.49. The van der Waals surface area contributed by atoms with Gasteiger partial charge in [-0.15, -0.1) is 0 Å². The van der Waals surface area contributed by atoms with Crippen molar-refractivity contribution in [2.45, 2.75) is 51.9 Å². The van der Waals surface area contributed by atoms with Gasteiger partial charge in [-0.2, -0.15) is 0 Å². The van der Waals surface area contributed by atoms with E-state index in [-0.39, 0.29) is 5.60 Å². The lowest BCUT2D eigenvalue weighted by Gasteiger charge is -2.19. The minimum absolute atomic E-state index is 0.0825. The van der Waals surface area contributed by atoms with E-state index in [9.17, 15) is 0 Å². The molecule has 1 aliphatic heterocycles. The number of aromatic nitrogens is 2. The van der Waals surface area contributed by atoms with Crippen molar-refractivity contribution >= 4 is 0 Å². The van der Waals surface area contributed by atoms with E-state index in [1.165, 1.54) is 11.1 Å². The lowest BCUT2D eigenvalue weighted by atomic mass is 10.0. The van der Waals surface area contributed by atoms with E-state index >= 15 is 0 Å². The molecule has 4 heteroatoms. The topological polar surface area (TPSA) is 39.1 Å². The third-order valence-corrected chi connectivity index (χ3v) is 3.86. The molecule has 1 unspecified atom stereocenters. The summed E-state index contributed by atoms with van der Waals surface area (Å²) in [5, 5.41) is 3.57. The molecule has 21 heavy (non-hydrogen) atoms. The summed E-state index contributed by atoms with van der Waals surface area (Å²) >= 11 is 0. The van der Waals surface area contributed by atoms with E-state index in [2.05, 4.69) is 53.8 Å². The molecule has 0 spiro atoms. The van der Waals surface area contributed by atoms with Crippen LogP contribution >= 0.6 is 0 Å². The number of ether oxygens (including phenoxy) is 1. The highest BCUT2D eigenvalue weighted by Crippen LogP contribution is 2.37. The molecule has 0 radical (unpaired) electrons. The fourth-order valence-electron chi connectivity index (χ4n) is 2.88. The van der Waals surface area contributed by atoms with E-state index in [1.54, 1.807) is 0 Å². The van der Waals surface area contributed by atoms with Gasteiger partial charge in [0.05, 0.1) is 6.33 Å². The fraction of sp³-hybridized carbons (Fsp3) is 0.471. The Labute approximate surface area is 126 Å². The summed E-state index contributed by atoms with van der Waals surface area (Å²) < 4.78 is 8.20. The zero-order valence-corrected chi connectivity index (χ0v) is 13.0. The Kier molecular flexibility index (Phi) is 3.72. The summed E-state index contributed by atoms with van der Waals surface area (Å²) in [6.45, 7) is 8.22. The van der Waals surface area contributed by atoms with Crippen LogP contribution in [0.1, 0.15) is 31.9 Å². The molecule has 1 aromatic carbocycles. The average Bonchev–Trinajstić information content (AvgIpc) is 3.01. The lowest BCUT2D eigenvalue weighted by molar-refractivity contribution is 0.137. The van der Waals surface area contributed by atoms with Gasteiger partial charge < -0.3 is 14.6 Å². The minimum Gasteiger partial charge on any atom is -0.487 e. The number of imidazole rings is 1. The summed E-state index contributed by atoms with van der Waals surface area (Å²) in [5.74, 6) is 1.07. The molecule has 2 heterocycles. The van der Waals surface area contributed by atoms with Gasteiger partial charge in [-0.05, 0) is 26.3 Å². The van der Waals surface area contributed by atoms with Gasteiger partial charge in [0, 0.05) is 43.5 Å². The van der Waals surface area contributed by atoms with Gasteiger partial charge in [0.15, 0.2) is 0 Å². The van der Waals surface area contributed by atoms with Crippen LogP contribution in [0.3, 0.4) is 0 Å². The number of para-hydroxylation sites is 1. The van der Waals surface area contributed by atoms with Gasteiger partial charge in [-0.3, -0.25) is 0 Å². The lowest BCUT2D eigenvalue weighted by Crippen LogP contribution is -2.30. The SMILES string of the molecule is CC(Cn1ccnc1)NCc1cccc2c1OC(C)(C)C2. The molecule has 0 amide bonds. The summed E-state index contributed by atoms with van der Waals surface area (Å²) in [6.07, 6.45) is 6.64. The Bertz CT molecular complexity index is 605. The van der Waals surface area contributed by atoms with Gasteiger partial charge in [-0.25, -0.2) is 4.98 Å². The Morgan fingerprint density at radius 1 is 1.43 bits per heavy atom. The Hall–Kier alpha value is -1.81. The van der Waals surface area contributed by atoms with Crippen LogP contribution in [-0.4, -0.2) is 21.2 Å². The fourth-order valence-corrected chi connectivity index (χ4v) is 2.88. The largest absolute Gasteiger partial charge is 0.487 e. The molecule has 0 saturated heterocycles. The molecule has 0 saturated carbocycles. The Balaban J connectivity index is 1.63. The standard InChI is InChI=1S/C17H23N3O/c1-13(11-20-8-7-18-12-20)19-10-15-6-4-5-14-9-17(2,3)21-16(14)15/h4-8,12-13,19H,9-11H2,1-3H3. The maximum Gasteiger partial charge on any atom is 0.127 e. The maximum absolute atomic E-state index is 6.11. The van der Waals surface area contributed by atoms with Crippen molar-refractivity contribution in [1.82, 2.24) is 14.9 Å². The summed E-state index contributed by atoms with van der Waals surface area (Å²) in [5.41, 5.74) is 2.48. The molecule has 3 rings (SSSR count). The number of rotatable bonds is 5. The van der Waals surface area contributed by atoms with Gasteiger partial charge in [0.2, 0.25) is 0 Å². The smallest absolute Gasteiger partial charge is 0.127 e. The maximum atomic E-state index is 6.11. The quantitative estimate of drug-likeness (QED) is 0.918. The van der Waals surface area contributed by atoms with E-state index < -0.39 is 0 Å². The number of nitrogens with zero attached hydrogens (tertiary/aromatic N) is 2. The van der Waals surface area contributed by atoms with E-state index in [0.717, 1.165) is 25.3 Å². The molecule has 0 fully saturated rings. The van der Waals surface area contributed by atoms with Gasteiger partial charge >= 0.3 is 0 Å². The third kappa shape index (κ3) is 3.27. The second-order valence-electron chi connectivity index (χ2n) is 6.49. The summed E-state index contributed by atoms with van der Waals surface area (Å²) in [4.78, 5) is 4.07. The van der Waals surface area contributed by atoms with Crippen molar-refractivity contribution in [2.24, 2.45) is 0 Å². The first kappa shape index (κ1) is 14.1. The van der Waals surface area contributed by atoms with Crippen molar-refractivity contribution in [3.05, 3.63) is 48.0 Å². The van der Waals surface area contributed by atoms with Crippen LogP contribution in [0.25, 0.3) is 0 Å². The Morgan fingerprint density at radius 3 is 3.05 bits per heavy atom. The molecule has 1 aromatic heterocycles. The van der Waals surface area contributed by atoms with Crippen LogP contribution in [0, 0.1) is 0 Å². The van der Waals surface area contributed by atoms with Crippen LogP contribution in [0.4, 0.5) is 0 Å². The number of fused-ring (bicyclic) bond motifs is 1. The first-order valence-corrected chi connectivity index (χ1v) is 7.52. The highest BCUT2D eigenvalue weighted by molar-refractivity contribution is 5.45. The van der Waals surface area contributed by atoms with Gasteiger partial charge in [0.1, 0.15) is 11.4 Å². The third-order valence-electron chi connectivity index (χ3n) is 3.86. The van der Waals surface area contributed by atoms with Crippen LogP contribution in [0.2, 0.25) is 0 Å². The van der Waals surface area contributed by atoms with Crippen LogP contribution in [0.5, 0.6) is 5.75 Å². The molecular weight excluding hydrogens is 262 g/mol. The molecule has 0 bridgehead atoms. The zero-order valence-electron chi connectivity index (χ0n) is 13.0. The van der Waals surface area contributed by atoms with Crippen molar-refractivity contribution in [1.29, 1.82) is 0 Å². The number of hydrogen-bond acceptors (Lipinski definition) is 3. The van der Waals surface area contributed by atoms with Gasteiger partial charge in [-0.1, -0.05) is 18.2 Å². The Morgan fingerprint density at radius 2 is 2.29 bits per heavy atom. The van der Waals surface area contributed by atoms with E-state index in [0.29, 0.717) is 6.04 Å². The monoisotopic (exact) mass is 285 g/mol. The van der Waals surface area contributed by atoms with Crippen molar-refractivity contribution in [2.75, 3.05) is 0 Å². The summed E-state index contributed by atoms with van der Waals surface area (Å²) in [7, 11) is 0. The first-order valence-electron chi connectivity index (χ1n) is 7.52. The molecule has 1 N–H and O–H groups in total. The van der Waals surface area contributed by atoms with Crippen LogP contribution in [0.15, 0.2) is 36.9 Å². The molecule has 1 aliphatic rings. The highest BCUT2D eigenvalue weighted by atomic mass is 16.5. The van der Waals surface area contributed by atoms with Gasteiger partial charge in [0.25, 0.3) is 0 Å². The van der Waals surface area contributed by atoms with E-state index in [1.807, 2.05) is 18.7 Å². The highest BCUT2D eigenvalue weighted by Gasteiger charge is 2.31. The van der Waals surface area contributed by atoms with Crippen LogP contribution < -0.4 is 10.1 Å². The molecule has 112 valence electrons. The number of benzene rings is 1. The van der Waals surface area contributed by atoms with Crippen molar-refractivity contribution < 1.29 is 4.74 Å². The molecular formula is C17H23N3O. The molecule has 1 atom stereocenters.